The average Bonchev–Trinajstić information content (AvgIpc) is 3.25. The molecule has 1 aromatic carbocycles. The first-order valence-electron chi connectivity index (χ1n) is 8.87. The highest BCUT2D eigenvalue weighted by atomic mass is 32.1. The molecule has 2 amide bonds. The maximum absolute atomic E-state index is 12.6. The number of nitrogens with zero attached hydrogens (tertiary/aromatic N) is 3. The van der Waals surface area contributed by atoms with E-state index in [4.69, 9.17) is 0 Å². The van der Waals surface area contributed by atoms with Crippen LogP contribution < -0.4 is 10.6 Å². The summed E-state index contributed by atoms with van der Waals surface area (Å²) in [6.07, 6.45) is 3.15. The molecule has 0 spiro atoms. The van der Waals surface area contributed by atoms with Crippen molar-refractivity contribution in [2.75, 3.05) is 10.6 Å². The highest BCUT2D eigenvalue weighted by Gasteiger charge is 2.23. The molecule has 0 aliphatic carbocycles. The van der Waals surface area contributed by atoms with Crippen LogP contribution in [-0.2, 0) is 11.3 Å². The van der Waals surface area contributed by atoms with Crippen LogP contribution in [0.4, 0.5) is 10.7 Å². The summed E-state index contributed by atoms with van der Waals surface area (Å²) in [5, 5.41) is 10.5. The maximum atomic E-state index is 12.6. The molecule has 0 aliphatic heterocycles. The number of nitrogens with one attached hydrogen (secondary N) is 2. The van der Waals surface area contributed by atoms with E-state index in [1.54, 1.807) is 11.0 Å². The van der Waals surface area contributed by atoms with E-state index in [1.165, 1.54) is 17.7 Å². The van der Waals surface area contributed by atoms with Crippen molar-refractivity contribution in [1.82, 2.24) is 14.8 Å². The van der Waals surface area contributed by atoms with E-state index < -0.39 is 5.41 Å². The summed E-state index contributed by atoms with van der Waals surface area (Å²) in [6.45, 7) is 8.03. The summed E-state index contributed by atoms with van der Waals surface area (Å²) in [4.78, 5) is 29.3. The lowest BCUT2D eigenvalue weighted by atomic mass is 9.96. The number of carbonyl (C=O) groups excluding carboxylic acids is 2. The second kappa shape index (κ2) is 7.93. The fourth-order valence-corrected chi connectivity index (χ4v) is 3.41. The van der Waals surface area contributed by atoms with Gasteiger partial charge < -0.3 is 10.6 Å². The van der Waals surface area contributed by atoms with Gasteiger partial charge in [-0.1, -0.05) is 32.9 Å². The van der Waals surface area contributed by atoms with Gasteiger partial charge in [0, 0.05) is 11.1 Å². The van der Waals surface area contributed by atoms with Crippen molar-refractivity contribution in [3.8, 4) is 0 Å². The standard InChI is InChI=1S/C20H23N5O2S/c1-13-9-16(24-19(27)20(2,3)4)28-17(13)18(26)23-15-7-5-14(6-8-15)10-25-12-21-11-22-25/h5-9,11-12H,10H2,1-4H3,(H,23,26)(H,24,27). The third-order valence-electron chi connectivity index (χ3n) is 4.06. The van der Waals surface area contributed by atoms with Gasteiger partial charge in [-0.3, -0.25) is 9.59 Å². The Balaban J connectivity index is 1.65. The molecule has 0 unspecified atom stereocenters. The van der Waals surface area contributed by atoms with Crippen molar-refractivity contribution in [3.63, 3.8) is 0 Å². The molecular weight excluding hydrogens is 374 g/mol. The van der Waals surface area contributed by atoms with Crippen LogP contribution in [0.1, 0.15) is 41.6 Å². The molecule has 0 fully saturated rings. The summed E-state index contributed by atoms with van der Waals surface area (Å²) in [5.41, 5.74) is 2.10. The zero-order valence-corrected chi connectivity index (χ0v) is 17.1. The van der Waals surface area contributed by atoms with Gasteiger partial charge in [-0.15, -0.1) is 11.3 Å². The van der Waals surface area contributed by atoms with Crippen LogP contribution in [0, 0.1) is 12.3 Å². The third kappa shape index (κ3) is 4.83. The number of aromatic nitrogens is 3. The number of aryl methyl sites for hydroxylation is 1. The second-order valence-corrected chi connectivity index (χ2v) is 8.62. The topological polar surface area (TPSA) is 88.9 Å². The number of anilines is 2. The first kappa shape index (κ1) is 19.8. The van der Waals surface area contributed by atoms with Crippen molar-refractivity contribution in [2.45, 2.75) is 34.2 Å². The molecule has 2 N–H and O–H groups in total. The van der Waals surface area contributed by atoms with Crippen molar-refractivity contribution in [2.24, 2.45) is 5.41 Å². The van der Waals surface area contributed by atoms with Gasteiger partial charge >= 0.3 is 0 Å². The van der Waals surface area contributed by atoms with Crippen molar-refractivity contribution in [1.29, 1.82) is 0 Å². The fraction of sp³-hybridized carbons (Fsp3) is 0.300. The molecule has 0 saturated carbocycles. The monoisotopic (exact) mass is 397 g/mol. The molecule has 28 heavy (non-hydrogen) atoms. The number of amides is 2. The zero-order chi connectivity index (χ0) is 20.3. The summed E-state index contributed by atoms with van der Waals surface area (Å²) in [5.74, 6) is -0.272. The van der Waals surface area contributed by atoms with E-state index >= 15 is 0 Å². The molecule has 2 heterocycles. The molecule has 3 rings (SSSR count). The van der Waals surface area contributed by atoms with Gasteiger partial charge in [-0.2, -0.15) is 5.10 Å². The molecule has 0 aliphatic rings. The molecule has 3 aromatic rings. The van der Waals surface area contributed by atoms with E-state index in [1.807, 2.05) is 58.0 Å². The Morgan fingerprint density at radius 1 is 1.14 bits per heavy atom. The van der Waals surface area contributed by atoms with Gasteiger partial charge in [0.25, 0.3) is 5.91 Å². The predicted molar refractivity (Wildman–Crippen MR) is 111 cm³/mol. The van der Waals surface area contributed by atoms with Crippen LogP contribution >= 0.6 is 11.3 Å². The maximum Gasteiger partial charge on any atom is 0.266 e. The van der Waals surface area contributed by atoms with Crippen molar-refractivity contribution in [3.05, 3.63) is 59.0 Å². The first-order chi connectivity index (χ1) is 13.2. The van der Waals surface area contributed by atoms with Crippen molar-refractivity contribution >= 4 is 33.8 Å². The Bertz CT molecular complexity index is 969. The number of thiophene rings is 1. The minimum atomic E-state index is -0.492. The number of rotatable bonds is 5. The highest BCUT2D eigenvalue weighted by molar-refractivity contribution is 7.18. The Morgan fingerprint density at radius 2 is 1.86 bits per heavy atom. The van der Waals surface area contributed by atoms with Crippen LogP contribution in [0.15, 0.2) is 43.0 Å². The normalized spacial score (nSPS) is 11.3. The third-order valence-corrected chi connectivity index (χ3v) is 5.22. The fourth-order valence-electron chi connectivity index (χ4n) is 2.45. The van der Waals surface area contributed by atoms with Gasteiger partial charge in [0.2, 0.25) is 5.91 Å². The Hall–Kier alpha value is -3.00. The first-order valence-corrected chi connectivity index (χ1v) is 9.68. The molecule has 146 valence electrons. The summed E-state index contributed by atoms with van der Waals surface area (Å²) >= 11 is 1.27. The predicted octanol–water partition coefficient (Wildman–Crippen LogP) is 3.93. The quantitative estimate of drug-likeness (QED) is 0.683. The molecule has 7 nitrogen and oxygen atoms in total. The van der Waals surface area contributed by atoms with Gasteiger partial charge in [-0.05, 0) is 36.2 Å². The van der Waals surface area contributed by atoms with Crippen LogP contribution in [0.3, 0.4) is 0 Å². The molecule has 2 aromatic heterocycles. The van der Waals surface area contributed by atoms with Crippen LogP contribution in [0.25, 0.3) is 0 Å². The molecule has 0 bridgehead atoms. The van der Waals surface area contributed by atoms with Gasteiger partial charge in [0.1, 0.15) is 12.7 Å². The largest absolute Gasteiger partial charge is 0.321 e. The number of hydrogen-bond donors (Lipinski definition) is 2. The Labute approximate surface area is 167 Å². The zero-order valence-electron chi connectivity index (χ0n) is 16.3. The summed E-state index contributed by atoms with van der Waals surface area (Å²) < 4.78 is 1.73. The van der Waals surface area contributed by atoms with Crippen LogP contribution in [0.5, 0.6) is 0 Å². The Morgan fingerprint density at radius 3 is 2.46 bits per heavy atom. The second-order valence-electron chi connectivity index (χ2n) is 7.57. The van der Waals surface area contributed by atoms with E-state index in [0.717, 1.165) is 11.1 Å². The SMILES string of the molecule is Cc1cc(NC(=O)C(C)(C)C)sc1C(=O)Nc1ccc(Cn2cncn2)cc1. The van der Waals surface area contributed by atoms with E-state index in [-0.39, 0.29) is 11.8 Å². The highest BCUT2D eigenvalue weighted by Crippen LogP contribution is 2.29. The summed E-state index contributed by atoms with van der Waals surface area (Å²) in [6, 6.07) is 9.41. The number of carbonyl (C=O) groups is 2. The lowest BCUT2D eigenvalue weighted by Crippen LogP contribution is -2.27. The molecule has 0 saturated heterocycles. The lowest BCUT2D eigenvalue weighted by molar-refractivity contribution is -0.123. The number of hydrogen-bond acceptors (Lipinski definition) is 5. The lowest BCUT2D eigenvalue weighted by Gasteiger charge is -2.16. The molecular formula is C20H23N5O2S. The minimum Gasteiger partial charge on any atom is -0.321 e. The van der Waals surface area contributed by atoms with Crippen molar-refractivity contribution < 1.29 is 9.59 Å². The smallest absolute Gasteiger partial charge is 0.266 e. The average molecular weight is 398 g/mol. The van der Waals surface area contributed by atoms with E-state index in [9.17, 15) is 9.59 Å². The van der Waals surface area contributed by atoms with Gasteiger partial charge in [0.05, 0.1) is 16.4 Å². The van der Waals surface area contributed by atoms with E-state index in [2.05, 4.69) is 20.7 Å². The molecule has 0 atom stereocenters. The van der Waals surface area contributed by atoms with E-state index in [0.29, 0.717) is 22.1 Å². The summed E-state index contributed by atoms with van der Waals surface area (Å²) in [7, 11) is 0. The van der Waals surface area contributed by atoms with Crippen LogP contribution in [-0.4, -0.2) is 26.6 Å². The van der Waals surface area contributed by atoms with Gasteiger partial charge in [0.15, 0.2) is 0 Å². The van der Waals surface area contributed by atoms with Crippen LogP contribution in [0.2, 0.25) is 0 Å². The minimum absolute atomic E-state index is 0.0799. The number of benzene rings is 1. The Kier molecular flexibility index (Phi) is 5.60. The van der Waals surface area contributed by atoms with Gasteiger partial charge in [-0.25, -0.2) is 9.67 Å². The molecule has 0 radical (unpaired) electrons. The molecule has 8 heteroatoms.